The Labute approximate surface area is 119 Å². The van der Waals surface area contributed by atoms with Crippen molar-refractivity contribution in [2.75, 3.05) is 25.9 Å². The molecule has 0 aliphatic rings. The average Bonchev–Trinajstić information content (AvgIpc) is 2.45. The van der Waals surface area contributed by atoms with E-state index < -0.39 is 10.0 Å². The first-order valence-corrected chi connectivity index (χ1v) is 8.22. The van der Waals surface area contributed by atoms with Gasteiger partial charge in [0.25, 0.3) is 0 Å². The predicted octanol–water partition coefficient (Wildman–Crippen LogP) is 0.916. The molecule has 1 heterocycles. The molecule has 0 atom stereocenters. The van der Waals surface area contributed by atoms with Gasteiger partial charge in [-0.15, -0.1) is 0 Å². The fraction of sp³-hybridized carbons (Fsp3) is 0.357. The van der Waals surface area contributed by atoms with E-state index in [1.165, 1.54) is 0 Å². The summed E-state index contributed by atoms with van der Waals surface area (Å²) >= 11 is 0. The summed E-state index contributed by atoms with van der Waals surface area (Å²) in [7, 11) is -1.47. The highest BCUT2D eigenvalue weighted by molar-refractivity contribution is 7.89. The lowest BCUT2D eigenvalue weighted by atomic mass is 10.1. The third-order valence-electron chi connectivity index (χ3n) is 3.05. The highest BCUT2D eigenvalue weighted by Gasteiger charge is 2.09. The highest BCUT2D eigenvalue weighted by Crippen LogP contribution is 2.15. The molecule has 5 nitrogen and oxygen atoms in total. The van der Waals surface area contributed by atoms with Gasteiger partial charge in [0.15, 0.2) is 0 Å². The minimum atomic E-state index is -3.20. The van der Waals surface area contributed by atoms with E-state index in [-0.39, 0.29) is 5.75 Å². The molecule has 1 aromatic carbocycles. The Morgan fingerprint density at radius 1 is 1.15 bits per heavy atom. The van der Waals surface area contributed by atoms with E-state index in [2.05, 4.69) is 15.0 Å². The third kappa shape index (κ3) is 4.00. The summed E-state index contributed by atoms with van der Waals surface area (Å²) in [6, 6.07) is 9.85. The second-order valence-corrected chi connectivity index (χ2v) is 6.49. The Hall–Kier alpha value is -1.50. The Morgan fingerprint density at radius 2 is 1.95 bits per heavy atom. The molecule has 0 saturated carbocycles. The summed E-state index contributed by atoms with van der Waals surface area (Å²) in [6.07, 6.45) is 2.38. The van der Waals surface area contributed by atoms with Crippen LogP contribution in [0.4, 0.5) is 0 Å². The van der Waals surface area contributed by atoms with Crippen LogP contribution in [0, 0.1) is 0 Å². The van der Waals surface area contributed by atoms with Crippen molar-refractivity contribution in [3.8, 4) is 0 Å². The third-order valence-corrected chi connectivity index (χ3v) is 4.44. The fourth-order valence-corrected chi connectivity index (χ4v) is 3.05. The van der Waals surface area contributed by atoms with E-state index in [9.17, 15) is 8.42 Å². The van der Waals surface area contributed by atoms with Crippen LogP contribution < -0.4 is 10.0 Å². The van der Waals surface area contributed by atoms with Crippen LogP contribution in [0.5, 0.6) is 0 Å². The number of aromatic nitrogens is 1. The molecule has 0 fully saturated rings. The molecule has 0 aliphatic heterocycles. The molecule has 2 aromatic rings. The molecule has 0 amide bonds. The molecule has 0 saturated heterocycles. The van der Waals surface area contributed by atoms with Gasteiger partial charge in [0.05, 0.1) is 11.3 Å². The van der Waals surface area contributed by atoms with Crippen LogP contribution in [-0.4, -0.2) is 39.3 Å². The van der Waals surface area contributed by atoms with Gasteiger partial charge in [-0.05, 0) is 25.1 Å². The molecule has 0 spiro atoms. The zero-order chi connectivity index (χ0) is 14.4. The maximum absolute atomic E-state index is 11.7. The fourth-order valence-electron chi connectivity index (χ4n) is 2.02. The number of hydrogen-bond acceptors (Lipinski definition) is 4. The summed E-state index contributed by atoms with van der Waals surface area (Å²) in [6.45, 7) is 0.840. The van der Waals surface area contributed by atoms with Gasteiger partial charge in [-0.3, -0.25) is 4.98 Å². The van der Waals surface area contributed by atoms with Crippen LogP contribution in [0.2, 0.25) is 0 Å². The van der Waals surface area contributed by atoms with Crippen molar-refractivity contribution in [3.63, 3.8) is 0 Å². The Balaban J connectivity index is 2.00. The van der Waals surface area contributed by atoms with Crippen LogP contribution in [0.25, 0.3) is 10.9 Å². The molecule has 20 heavy (non-hydrogen) atoms. The van der Waals surface area contributed by atoms with Crippen molar-refractivity contribution < 1.29 is 8.42 Å². The van der Waals surface area contributed by atoms with E-state index >= 15 is 0 Å². The van der Waals surface area contributed by atoms with Gasteiger partial charge >= 0.3 is 0 Å². The van der Waals surface area contributed by atoms with Gasteiger partial charge in [0, 0.05) is 24.7 Å². The minimum absolute atomic E-state index is 0.0945. The van der Waals surface area contributed by atoms with Crippen LogP contribution in [0.3, 0.4) is 0 Å². The number of pyridine rings is 1. The first kappa shape index (κ1) is 14.9. The highest BCUT2D eigenvalue weighted by atomic mass is 32.2. The molecule has 2 rings (SSSR count). The monoisotopic (exact) mass is 293 g/mol. The van der Waals surface area contributed by atoms with Crippen molar-refractivity contribution in [3.05, 3.63) is 42.1 Å². The van der Waals surface area contributed by atoms with Crippen molar-refractivity contribution >= 4 is 20.9 Å². The van der Waals surface area contributed by atoms with Crippen LogP contribution in [-0.2, 0) is 16.4 Å². The number of benzene rings is 1. The number of para-hydroxylation sites is 1. The maximum Gasteiger partial charge on any atom is 0.212 e. The summed E-state index contributed by atoms with van der Waals surface area (Å²) < 4.78 is 26.0. The number of fused-ring (bicyclic) bond motifs is 1. The molecule has 0 bridgehead atoms. The number of nitrogens with one attached hydrogen (secondary N) is 2. The lowest BCUT2D eigenvalue weighted by molar-refractivity contribution is 0.579. The molecule has 108 valence electrons. The van der Waals surface area contributed by atoms with E-state index in [1.807, 2.05) is 30.3 Å². The maximum atomic E-state index is 11.7. The summed E-state index contributed by atoms with van der Waals surface area (Å²) in [5, 5.41) is 3.90. The van der Waals surface area contributed by atoms with Crippen LogP contribution >= 0.6 is 0 Å². The second kappa shape index (κ2) is 6.78. The van der Waals surface area contributed by atoms with E-state index in [1.54, 1.807) is 13.2 Å². The number of rotatable bonds is 7. The van der Waals surface area contributed by atoms with Gasteiger partial charge in [-0.25, -0.2) is 13.1 Å². The van der Waals surface area contributed by atoms with E-state index in [0.717, 1.165) is 16.5 Å². The summed E-state index contributed by atoms with van der Waals surface area (Å²) in [5.74, 6) is 0.0945. The summed E-state index contributed by atoms with van der Waals surface area (Å²) in [5.41, 5.74) is 1.99. The van der Waals surface area contributed by atoms with Crippen molar-refractivity contribution in [2.45, 2.75) is 6.42 Å². The first-order chi connectivity index (χ1) is 9.62. The average molecular weight is 293 g/mol. The number of hydrogen-bond donors (Lipinski definition) is 2. The van der Waals surface area contributed by atoms with Gasteiger partial charge in [0.2, 0.25) is 10.0 Å². The number of sulfonamides is 1. The largest absolute Gasteiger partial charge is 0.319 e. The molecule has 2 N–H and O–H groups in total. The standard InChI is InChI=1S/C14H19N3O2S/c1-15-10-11-20(18,19)17-9-7-13-5-2-4-12-6-3-8-16-14(12)13/h2-6,8,15,17H,7,9-11H2,1H3. The van der Waals surface area contributed by atoms with Crippen molar-refractivity contribution in [2.24, 2.45) is 0 Å². The van der Waals surface area contributed by atoms with Gasteiger partial charge in [-0.2, -0.15) is 0 Å². The first-order valence-electron chi connectivity index (χ1n) is 6.57. The SMILES string of the molecule is CNCCS(=O)(=O)NCCc1cccc2cccnc12. The normalized spacial score (nSPS) is 11.8. The van der Waals surface area contributed by atoms with Gasteiger partial charge in [0.1, 0.15) is 0 Å². The van der Waals surface area contributed by atoms with E-state index in [0.29, 0.717) is 19.5 Å². The van der Waals surface area contributed by atoms with Gasteiger partial charge < -0.3 is 5.32 Å². The Morgan fingerprint density at radius 3 is 2.75 bits per heavy atom. The lowest BCUT2D eigenvalue weighted by Gasteiger charge is -2.08. The zero-order valence-corrected chi connectivity index (χ0v) is 12.3. The van der Waals surface area contributed by atoms with Crippen LogP contribution in [0.15, 0.2) is 36.5 Å². The molecule has 0 radical (unpaired) electrons. The molecular weight excluding hydrogens is 274 g/mol. The summed E-state index contributed by atoms with van der Waals surface area (Å²) in [4.78, 5) is 4.36. The van der Waals surface area contributed by atoms with Crippen molar-refractivity contribution in [1.29, 1.82) is 0 Å². The second-order valence-electron chi connectivity index (χ2n) is 4.56. The zero-order valence-electron chi connectivity index (χ0n) is 11.5. The van der Waals surface area contributed by atoms with Crippen molar-refractivity contribution in [1.82, 2.24) is 15.0 Å². The smallest absolute Gasteiger partial charge is 0.212 e. The van der Waals surface area contributed by atoms with Gasteiger partial charge in [-0.1, -0.05) is 24.3 Å². The topological polar surface area (TPSA) is 71.1 Å². The molecule has 0 aliphatic carbocycles. The molecule has 6 heteroatoms. The van der Waals surface area contributed by atoms with Crippen LogP contribution in [0.1, 0.15) is 5.56 Å². The lowest BCUT2D eigenvalue weighted by Crippen LogP contribution is -2.32. The molecular formula is C14H19N3O2S. The Kier molecular flexibility index (Phi) is 5.05. The quantitative estimate of drug-likeness (QED) is 0.796. The molecule has 0 unspecified atom stereocenters. The number of nitrogens with zero attached hydrogens (tertiary/aromatic N) is 1. The Bertz CT molecular complexity index is 666. The molecule has 1 aromatic heterocycles. The minimum Gasteiger partial charge on any atom is -0.319 e. The van der Waals surface area contributed by atoms with E-state index in [4.69, 9.17) is 0 Å². The predicted molar refractivity (Wildman–Crippen MR) is 81.2 cm³/mol.